The molecule has 0 saturated carbocycles. The summed E-state index contributed by atoms with van der Waals surface area (Å²) in [6, 6.07) is 10.0. The number of aromatic nitrogens is 4. The second kappa shape index (κ2) is 9.23. The fourth-order valence-electron chi connectivity index (χ4n) is 3.57. The van der Waals surface area contributed by atoms with Crippen LogP contribution in [0.4, 0.5) is 0 Å². The highest BCUT2D eigenvalue weighted by Crippen LogP contribution is 2.22. The van der Waals surface area contributed by atoms with E-state index in [9.17, 15) is 0 Å². The second-order valence-corrected chi connectivity index (χ2v) is 7.61. The first-order valence-corrected chi connectivity index (χ1v) is 10.1. The number of ether oxygens (including phenoxy) is 2. The molecule has 0 atom stereocenters. The number of rotatable bonds is 8. The third-order valence-electron chi connectivity index (χ3n) is 5.17. The van der Waals surface area contributed by atoms with Gasteiger partial charge in [0.15, 0.2) is 0 Å². The molecule has 0 radical (unpaired) electrons. The highest BCUT2D eigenvalue weighted by atomic mass is 16.5. The average Bonchev–Trinajstić information content (AvgIpc) is 3.34. The van der Waals surface area contributed by atoms with E-state index in [1.165, 1.54) is 0 Å². The fraction of sp³-hybridized carbons (Fsp3) is 0.409. The Bertz CT molecular complexity index is 972. The van der Waals surface area contributed by atoms with Gasteiger partial charge in [0.1, 0.15) is 18.1 Å². The lowest BCUT2D eigenvalue weighted by Gasteiger charge is -2.15. The van der Waals surface area contributed by atoms with Crippen molar-refractivity contribution in [1.82, 2.24) is 29.5 Å². The molecule has 8 nitrogen and oxygen atoms in total. The summed E-state index contributed by atoms with van der Waals surface area (Å²) in [5.41, 5.74) is 3.74. The lowest BCUT2D eigenvalue weighted by molar-refractivity contribution is 0.210. The summed E-state index contributed by atoms with van der Waals surface area (Å²) in [5, 5.41) is 4.64. The lowest BCUT2D eigenvalue weighted by Crippen LogP contribution is -2.27. The van der Waals surface area contributed by atoms with Crippen molar-refractivity contribution in [2.45, 2.75) is 13.5 Å². The van der Waals surface area contributed by atoms with Crippen molar-refractivity contribution in [2.75, 3.05) is 47.1 Å². The molecule has 3 heterocycles. The van der Waals surface area contributed by atoms with E-state index >= 15 is 0 Å². The molecule has 0 bridgehead atoms. The standard InChI is InChI=1S/C22H28N6O2/c1-17-12-21(28(25-17)15-18-4-6-19(29-3)7-5-18)20-13-23-14-22(24-20)30-11-10-27-9-8-26(2)16-27/h4-7,12-14H,8-11,15-16H2,1-3H3. The van der Waals surface area contributed by atoms with Gasteiger partial charge in [0.2, 0.25) is 5.88 Å². The summed E-state index contributed by atoms with van der Waals surface area (Å²) in [4.78, 5) is 13.7. The average molecular weight is 409 g/mol. The number of likely N-dealkylation sites (N-methyl/N-ethyl adjacent to an activating group) is 1. The first-order valence-electron chi connectivity index (χ1n) is 10.1. The molecule has 8 heteroatoms. The molecule has 0 amide bonds. The van der Waals surface area contributed by atoms with Gasteiger partial charge in [0.25, 0.3) is 0 Å². The van der Waals surface area contributed by atoms with Gasteiger partial charge in [0.05, 0.1) is 44.1 Å². The SMILES string of the molecule is COc1ccc(Cn2nc(C)cc2-c2cncc(OCCN3CCN(C)C3)n2)cc1. The minimum atomic E-state index is 0.537. The molecule has 0 N–H and O–H groups in total. The maximum atomic E-state index is 5.88. The minimum absolute atomic E-state index is 0.537. The molecule has 0 aliphatic carbocycles. The molecule has 1 aliphatic rings. The van der Waals surface area contributed by atoms with Gasteiger partial charge in [-0.2, -0.15) is 5.10 Å². The number of hydrogen-bond donors (Lipinski definition) is 0. The van der Waals surface area contributed by atoms with E-state index < -0.39 is 0 Å². The monoisotopic (exact) mass is 408 g/mol. The first kappa shape index (κ1) is 20.3. The molecular formula is C22H28N6O2. The number of nitrogens with zero attached hydrogens (tertiary/aromatic N) is 6. The molecule has 30 heavy (non-hydrogen) atoms. The van der Waals surface area contributed by atoms with E-state index in [1.807, 2.05) is 41.9 Å². The third-order valence-corrected chi connectivity index (χ3v) is 5.17. The van der Waals surface area contributed by atoms with Crippen molar-refractivity contribution in [2.24, 2.45) is 0 Å². The van der Waals surface area contributed by atoms with Crippen molar-refractivity contribution in [3.05, 3.63) is 54.0 Å². The van der Waals surface area contributed by atoms with Crippen LogP contribution in [-0.4, -0.2) is 76.6 Å². The van der Waals surface area contributed by atoms with Crippen LogP contribution in [0.15, 0.2) is 42.7 Å². The van der Waals surface area contributed by atoms with Crippen LogP contribution < -0.4 is 9.47 Å². The van der Waals surface area contributed by atoms with Crippen LogP contribution in [0.5, 0.6) is 11.6 Å². The van der Waals surface area contributed by atoms with E-state index in [4.69, 9.17) is 9.47 Å². The molecule has 4 rings (SSSR count). The van der Waals surface area contributed by atoms with E-state index in [-0.39, 0.29) is 0 Å². The summed E-state index contributed by atoms with van der Waals surface area (Å²) in [7, 11) is 3.80. The van der Waals surface area contributed by atoms with Crippen molar-refractivity contribution < 1.29 is 9.47 Å². The largest absolute Gasteiger partial charge is 0.497 e. The molecular weight excluding hydrogens is 380 g/mol. The maximum Gasteiger partial charge on any atom is 0.232 e. The summed E-state index contributed by atoms with van der Waals surface area (Å²) in [6.45, 7) is 7.26. The van der Waals surface area contributed by atoms with Crippen LogP contribution in [0.1, 0.15) is 11.3 Å². The summed E-state index contributed by atoms with van der Waals surface area (Å²) >= 11 is 0. The van der Waals surface area contributed by atoms with Gasteiger partial charge in [-0.15, -0.1) is 0 Å². The molecule has 1 saturated heterocycles. The molecule has 2 aromatic heterocycles. The van der Waals surface area contributed by atoms with Crippen LogP contribution in [0.25, 0.3) is 11.4 Å². The number of methoxy groups -OCH3 is 1. The van der Waals surface area contributed by atoms with Crippen LogP contribution in [-0.2, 0) is 6.54 Å². The van der Waals surface area contributed by atoms with Crippen molar-refractivity contribution in [3.63, 3.8) is 0 Å². The van der Waals surface area contributed by atoms with E-state index in [1.54, 1.807) is 19.5 Å². The highest BCUT2D eigenvalue weighted by molar-refractivity contribution is 5.54. The van der Waals surface area contributed by atoms with Crippen molar-refractivity contribution in [1.29, 1.82) is 0 Å². The summed E-state index contributed by atoms with van der Waals surface area (Å²) in [6.07, 6.45) is 3.42. The molecule has 0 unspecified atom stereocenters. The molecule has 3 aromatic rings. The number of hydrogen-bond acceptors (Lipinski definition) is 7. The van der Waals surface area contributed by atoms with E-state index in [2.05, 4.69) is 31.9 Å². The van der Waals surface area contributed by atoms with Gasteiger partial charge in [-0.05, 0) is 37.7 Å². The topological polar surface area (TPSA) is 68.5 Å². The fourth-order valence-corrected chi connectivity index (χ4v) is 3.57. The van der Waals surface area contributed by atoms with Gasteiger partial charge in [-0.3, -0.25) is 19.5 Å². The Hall–Kier alpha value is -2.97. The van der Waals surface area contributed by atoms with Crippen molar-refractivity contribution in [3.8, 4) is 23.0 Å². The van der Waals surface area contributed by atoms with Crippen molar-refractivity contribution >= 4 is 0 Å². The van der Waals surface area contributed by atoms with Crippen LogP contribution in [0.2, 0.25) is 0 Å². The molecule has 0 spiro atoms. The van der Waals surface area contributed by atoms with Crippen LogP contribution >= 0.6 is 0 Å². The number of benzene rings is 1. The Labute approximate surface area is 177 Å². The van der Waals surface area contributed by atoms with E-state index in [0.717, 1.165) is 54.7 Å². The molecule has 1 aromatic carbocycles. The minimum Gasteiger partial charge on any atom is -0.497 e. The Kier molecular flexibility index (Phi) is 6.25. The Morgan fingerprint density at radius 1 is 1.10 bits per heavy atom. The second-order valence-electron chi connectivity index (χ2n) is 7.61. The zero-order valence-electron chi connectivity index (χ0n) is 17.8. The Morgan fingerprint density at radius 3 is 2.67 bits per heavy atom. The number of aryl methyl sites for hydroxylation is 1. The van der Waals surface area contributed by atoms with Gasteiger partial charge < -0.3 is 9.47 Å². The lowest BCUT2D eigenvalue weighted by atomic mass is 10.2. The summed E-state index contributed by atoms with van der Waals surface area (Å²) in [5.74, 6) is 1.38. The van der Waals surface area contributed by atoms with Gasteiger partial charge in [-0.25, -0.2) is 4.98 Å². The van der Waals surface area contributed by atoms with Crippen LogP contribution in [0, 0.1) is 6.92 Å². The third kappa shape index (κ3) is 4.95. The normalized spacial score (nSPS) is 14.9. The van der Waals surface area contributed by atoms with Gasteiger partial charge in [0, 0.05) is 19.6 Å². The zero-order chi connectivity index (χ0) is 20.9. The Morgan fingerprint density at radius 2 is 1.93 bits per heavy atom. The van der Waals surface area contributed by atoms with E-state index in [0.29, 0.717) is 19.0 Å². The zero-order valence-corrected chi connectivity index (χ0v) is 17.8. The highest BCUT2D eigenvalue weighted by Gasteiger charge is 2.16. The predicted octanol–water partition coefficient (Wildman–Crippen LogP) is 2.29. The smallest absolute Gasteiger partial charge is 0.232 e. The predicted molar refractivity (Wildman–Crippen MR) is 115 cm³/mol. The maximum absolute atomic E-state index is 5.88. The Balaban J connectivity index is 1.45. The molecule has 158 valence electrons. The van der Waals surface area contributed by atoms with Gasteiger partial charge >= 0.3 is 0 Å². The quantitative estimate of drug-likeness (QED) is 0.566. The van der Waals surface area contributed by atoms with Crippen LogP contribution in [0.3, 0.4) is 0 Å². The first-order chi connectivity index (χ1) is 14.6. The molecule has 1 aliphatic heterocycles. The molecule has 1 fully saturated rings. The van der Waals surface area contributed by atoms with Gasteiger partial charge in [-0.1, -0.05) is 12.1 Å². The summed E-state index contributed by atoms with van der Waals surface area (Å²) < 4.78 is 13.1.